The maximum absolute atomic E-state index is 11.8. The number of nitrogens with one attached hydrogen (secondary N) is 1. The summed E-state index contributed by atoms with van der Waals surface area (Å²) in [6.07, 6.45) is 0.0278. The van der Waals surface area contributed by atoms with Gasteiger partial charge < -0.3 is 15.2 Å². The third-order valence-electron chi connectivity index (χ3n) is 3.69. The minimum atomic E-state index is -1.11. The van der Waals surface area contributed by atoms with E-state index in [0.29, 0.717) is 16.8 Å². The molecule has 0 bridgehead atoms. The number of carbonyl (C=O) groups excluding carboxylic acids is 1. The number of carbonyl (C=O) groups is 2. The van der Waals surface area contributed by atoms with Gasteiger partial charge in [-0.3, -0.25) is 10.1 Å². The van der Waals surface area contributed by atoms with Crippen LogP contribution >= 0.6 is 0 Å². The van der Waals surface area contributed by atoms with Crippen molar-refractivity contribution in [2.24, 2.45) is 0 Å². The molecule has 1 aliphatic rings. The molecular weight excluding hydrogens is 328 g/mol. The van der Waals surface area contributed by atoms with Crippen molar-refractivity contribution in [2.75, 3.05) is 5.32 Å². The molecule has 1 atom stereocenters. The largest absolute Gasteiger partial charge is 0.478 e. The van der Waals surface area contributed by atoms with E-state index >= 15 is 0 Å². The van der Waals surface area contributed by atoms with Crippen LogP contribution in [0.25, 0.3) is 0 Å². The zero-order chi connectivity index (χ0) is 18.0. The number of carboxylic acid groups (broad SMARTS) is 1. The van der Waals surface area contributed by atoms with Gasteiger partial charge in [0.25, 0.3) is 0 Å². The molecule has 3 rings (SSSR count). The minimum Gasteiger partial charge on any atom is -0.478 e. The lowest BCUT2D eigenvalue weighted by molar-refractivity contribution is -0.436. The summed E-state index contributed by atoms with van der Waals surface area (Å²) >= 11 is 0. The number of hydrogen-bond acceptors (Lipinski definition) is 6. The second-order valence-electron chi connectivity index (χ2n) is 5.23. The average Bonchev–Trinajstić information content (AvgIpc) is 2.92. The normalized spacial score (nSPS) is 16.1. The quantitative estimate of drug-likeness (QED) is 0.488. The van der Waals surface area contributed by atoms with Crippen molar-refractivity contribution in [1.29, 1.82) is 0 Å². The number of cyclic esters (lactones) is 1. The first-order chi connectivity index (χ1) is 12.0. The molecule has 0 aromatic heterocycles. The zero-order valence-electron chi connectivity index (χ0n) is 12.7. The van der Waals surface area contributed by atoms with Gasteiger partial charge in [-0.15, -0.1) is 0 Å². The van der Waals surface area contributed by atoms with Gasteiger partial charge in [-0.25, -0.2) is 9.59 Å². The van der Waals surface area contributed by atoms with E-state index in [-0.39, 0.29) is 11.3 Å². The maximum Gasteiger partial charge on any atom is 0.339 e. The topological polar surface area (TPSA) is 119 Å². The number of nitrogens with zero attached hydrogens (tertiary/aromatic N) is 1. The third kappa shape index (κ3) is 3.18. The molecule has 2 aromatic carbocycles. The second-order valence-corrected chi connectivity index (χ2v) is 5.23. The lowest BCUT2D eigenvalue weighted by Gasteiger charge is -2.09. The van der Waals surface area contributed by atoms with Crippen molar-refractivity contribution >= 4 is 17.6 Å². The molecule has 8 heteroatoms. The Hall–Kier alpha value is -3.68. The Morgan fingerprint density at radius 2 is 1.88 bits per heavy atom. The number of esters is 1. The van der Waals surface area contributed by atoms with Crippen molar-refractivity contribution in [2.45, 2.75) is 6.10 Å². The molecule has 2 N–H and O–H groups in total. The highest BCUT2D eigenvalue weighted by atomic mass is 16.6. The fraction of sp³-hybridized carbons (Fsp3) is 0.0588. The van der Waals surface area contributed by atoms with Crippen LogP contribution in [-0.4, -0.2) is 22.0 Å². The number of aromatic carboxylic acids is 1. The van der Waals surface area contributed by atoms with Crippen LogP contribution in [0, 0.1) is 10.1 Å². The maximum atomic E-state index is 11.8. The van der Waals surface area contributed by atoms with E-state index in [2.05, 4.69) is 5.32 Å². The van der Waals surface area contributed by atoms with Crippen LogP contribution in [0.5, 0.6) is 0 Å². The van der Waals surface area contributed by atoms with E-state index in [1.807, 2.05) is 0 Å². The fourth-order valence-corrected chi connectivity index (χ4v) is 2.46. The smallest absolute Gasteiger partial charge is 0.339 e. The second kappa shape index (κ2) is 6.44. The number of ether oxygens (including phenoxy) is 1. The SMILES string of the molecule is O=C(O)c1ccc(N/C=C(\[C@@H]2OC(=O)c3ccccc32)[N+](=O)[O-])cc1. The highest BCUT2D eigenvalue weighted by Gasteiger charge is 2.39. The summed E-state index contributed by atoms with van der Waals surface area (Å²) in [6, 6.07) is 12.2. The molecule has 0 unspecified atom stereocenters. The van der Waals surface area contributed by atoms with E-state index in [0.717, 1.165) is 6.20 Å². The minimum absolute atomic E-state index is 0.0997. The van der Waals surface area contributed by atoms with Crippen LogP contribution in [0.15, 0.2) is 60.4 Å². The number of anilines is 1. The summed E-state index contributed by atoms with van der Waals surface area (Å²) in [6.45, 7) is 0. The van der Waals surface area contributed by atoms with Crippen molar-refractivity contribution in [3.8, 4) is 0 Å². The zero-order valence-corrected chi connectivity index (χ0v) is 12.7. The van der Waals surface area contributed by atoms with Gasteiger partial charge >= 0.3 is 17.6 Å². The Bertz CT molecular complexity index is 888. The summed E-state index contributed by atoms with van der Waals surface area (Å²) in [5, 5.41) is 23.0. The lowest BCUT2D eigenvalue weighted by atomic mass is 10.0. The molecule has 0 fully saturated rings. The van der Waals surface area contributed by atoms with Crippen molar-refractivity contribution in [3.05, 3.63) is 87.2 Å². The Morgan fingerprint density at radius 3 is 2.52 bits per heavy atom. The van der Waals surface area contributed by atoms with Crippen molar-refractivity contribution in [3.63, 3.8) is 0 Å². The lowest BCUT2D eigenvalue weighted by Crippen LogP contribution is -2.12. The Morgan fingerprint density at radius 1 is 1.20 bits per heavy atom. The first-order valence-electron chi connectivity index (χ1n) is 7.21. The number of carboxylic acids is 1. The van der Waals surface area contributed by atoms with E-state index in [9.17, 15) is 19.7 Å². The molecule has 1 aliphatic heterocycles. The standard InChI is InChI=1S/C17H12N2O6/c20-16(21)10-5-7-11(8-6-10)18-9-14(19(23)24)15-12-3-1-2-4-13(12)17(22)25-15/h1-9,15,18H,(H,20,21)/b14-9+/t15-/m1/s1. The summed E-state index contributed by atoms with van der Waals surface area (Å²) in [7, 11) is 0. The first kappa shape index (κ1) is 16.2. The van der Waals surface area contributed by atoms with Crippen LogP contribution in [0.4, 0.5) is 5.69 Å². The van der Waals surface area contributed by atoms with E-state index < -0.39 is 23.0 Å². The van der Waals surface area contributed by atoms with Crippen LogP contribution in [0.2, 0.25) is 0 Å². The third-order valence-corrected chi connectivity index (χ3v) is 3.69. The van der Waals surface area contributed by atoms with Crippen molar-refractivity contribution < 1.29 is 24.4 Å². The van der Waals surface area contributed by atoms with Gasteiger partial charge in [-0.2, -0.15) is 0 Å². The highest BCUT2D eigenvalue weighted by Crippen LogP contribution is 2.35. The average molecular weight is 340 g/mol. The Labute approximate surface area is 141 Å². The van der Waals surface area contributed by atoms with Gasteiger partial charge in [0.1, 0.15) is 0 Å². The van der Waals surface area contributed by atoms with Gasteiger partial charge in [-0.1, -0.05) is 18.2 Å². The van der Waals surface area contributed by atoms with Gasteiger partial charge in [0.2, 0.25) is 6.10 Å². The summed E-state index contributed by atoms with van der Waals surface area (Å²) in [5.74, 6) is -1.68. The number of benzene rings is 2. The monoisotopic (exact) mass is 340 g/mol. The molecule has 25 heavy (non-hydrogen) atoms. The number of fused-ring (bicyclic) bond motifs is 1. The van der Waals surface area contributed by atoms with Crippen molar-refractivity contribution in [1.82, 2.24) is 0 Å². The highest BCUT2D eigenvalue weighted by molar-refractivity contribution is 5.94. The Kier molecular flexibility index (Phi) is 4.17. The first-order valence-corrected chi connectivity index (χ1v) is 7.21. The molecule has 0 saturated carbocycles. The van der Waals surface area contributed by atoms with Gasteiger partial charge in [0.05, 0.1) is 22.3 Å². The molecule has 0 aliphatic carbocycles. The number of nitro groups is 1. The summed E-state index contributed by atoms with van der Waals surface area (Å²) in [5.41, 5.74) is 0.954. The number of hydrogen-bond donors (Lipinski definition) is 2. The molecule has 8 nitrogen and oxygen atoms in total. The van der Waals surface area contributed by atoms with Crippen LogP contribution in [0.3, 0.4) is 0 Å². The van der Waals surface area contributed by atoms with E-state index in [1.54, 1.807) is 24.3 Å². The van der Waals surface area contributed by atoms with Gasteiger partial charge in [-0.05, 0) is 30.3 Å². The summed E-state index contributed by atoms with van der Waals surface area (Å²) in [4.78, 5) is 33.4. The molecular formula is C17H12N2O6. The predicted octanol–water partition coefficient (Wildman–Crippen LogP) is 2.83. The molecule has 0 amide bonds. The Balaban J connectivity index is 1.87. The molecule has 0 radical (unpaired) electrons. The van der Waals surface area contributed by atoms with Gasteiger partial charge in [0, 0.05) is 11.3 Å². The molecule has 1 heterocycles. The summed E-state index contributed by atoms with van der Waals surface area (Å²) < 4.78 is 5.13. The molecule has 0 saturated heterocycles. The van der Waals surface area contributed by atoms with Crippen LogP contribution in [0.1, 0.15) is 32.4 Å². The fourth-order valence-electron chi connectivity index (χ4n) is 2.46. The van der Waals surface area contributed by atoms with Crippen LogP contribution < -0.4 is 5.32 Å². The molecule has 126 valence electrons. The molecule has 0 spiro atoms. The van der Waals surface area contributed by atoms with E-state index in [1.165, 1.54) is 24.3 Å². The predicted molar refractivity (Wildman–Crippen MR) is 86.7 cm³/mol. The number of rotatable bonds is 5. The van der Waals surface area contributed by atoms with Crippen LogP contribution in [-0.2, 0) is 4.74 Å². The van der Waals surface area contributed by atoms with Gasteiger partial charge in [0.15, 0.2) is 0 Å². The van der Waals surface area contributed by atoms with E-state index in [4.69, 9.17) is 9.84 Å². The molecule has 2 aromatic rings.